The summed E-state index contributed by atoms with van der Waals surface area (Å²) >= 11 is 5.74. The zero-order valence-corrected chi connectivity index (χ0v) is 9.04. The van der Waals surface area contributed by atoms with Gasteiger partial charge in [-0.15, -0.1) is 0 Å². The van der Waals surface area contributed by atoms with Gasteiger partial charge in [-0.05, 0) is 31.5 Å². The normalized spacial score (nSPS) is 12.2. The predicted molar refractivity (Wildman–Crippen MR) is 56.5 cm³/mol. The Hall–Kier alpha value is -1.02. The lowest BCUT2D eigenvalue weighted by Gasteiger charge is -2.10. The minimum atomic E-state index is -0.229. The average Bonchev–Trinajstić information content (AvgIpc) is 2.18. The van der Waals surface area contributed by atoms with E-state index in [-0.39, 0.29) is 11.9 Å². The molecule has 0 saturated heterocycles. The molecule has 0 fully saturated rings. The van der Waals surface area contributed by atoms with Gasteiger partial charge >= 0.3 is 5.97 Å². The van der Waals surface area contributed by atoms with Crippen LogP contribution in [0.1, 0.15) is 25.3 Å². The molecule has 0 aliphatic rings. The second-order valence-corrected chi connectivity index (χ2v) is 3.46. The first-order chi connectivity index (χ1) is 6.65. The quantitative estimate of drug-likeness (QED) is 0.720. The molecule has 0 N–H and O–H groups in total. The van der Waals surface area contributed by atoms with E-state index < -0.39 is 0 Å². The molecule has 1 aromatic rings. The lowest BCUT2D eigenvalue weighted by atomic mass is 10.0. The maximum atomic E-state index is 11.4. The summed E-state index contributed by atoms with van der Waals surface area (Å²) in [6.45, 7) is 4.03. The van der Waals surface area contributed by atoms with E-state index in [0.717, 1.165) is 5.56 Å². The van der Waals surface area contributed by atoms with Crippen molar-refractivity contribution in [1.82, 2.24) is 0 Å². The van der Waals surface area contributed by atoms with Gasteiger partial charge in [-0.2, -0.15) is 0 Å². The molecule has 1 aromatic carbocycles. The number of hydrogen-bond acceptors (Lipinski definition) is 2. The first-order valence-electron chi connectivity index (χ1n) is 4.57. The van der Waals surface area contributed by atoms with Crippen molar-refractivity contribution in [2.45, 2.75) is 19.8 Å². The van der Waals surface area contributed by atoms with Crippen LogP contribution in [0.3, 0.4) is 0 Å². The van der Waals surface area contributed by atoms with Crippen LogP contribution in [0, 0.1) is 0 Å². The van der Waals surface area contributed by atoms with Gasteiger partial charge in [-0.25, -0.2) is 0 Å². The molecule has 0 aliphatic carbocycles. The molecule has 1 atom stereocenters. The van der Waals surface area contributed by atoms with Gasteiger partial charge in [0.2, 0.25) is 0 Å². The van der Waals surface area contributed by atoms with Crippen LogP contribution in [-0.4, -0.2) is 12.6 Å². The maximum absolute atomic E-state index is 11.4. The largest absolute Gasteiger partial charge is 0.466 e. The number of halogens is 1. The number of benzene rings is 1. The van der Waals surface area contributed by atoms with Crippen molar-refractivity contribution in [3.05, 3.63) is 34.9 Å². The summed E-state index contributed by atoms with van der Waals surface area (Å²) in [4.78, 5) is 11.4. The smallest absolute Gasteiger partial charge is 0.313 e. The van der Waals surface area contributed by atoms with E-state index in [2.05, 4.69) is 0 Å². The van der Waals surface area contributed by atoms with Crippen molar-refractivity contribution in [1.29, 1.82) is 0 Å². The molecule has 76 valence electrons. The van der Waals surface area contributed by atoms with Crippen LogP contribution >= 0.6 is 11.6 Å². The highest BCUT2D eigenvalue weighted by atomic mass is 35.5. The third-order valence-corrected chi connectivity index (χ3v) is 2.26. The van der Waals surface area contributed by atoms with Gasteiger partial charge in [0.25, 0.3) is 0 Å². The zero-order valence-electron chi connectivity index (χ0n) is 8.29. The zero-order chi connectivity index (χ0) is 10.6. The van der Waals surface area contributed by atoms with Crippen LogP contribution in [0.5, 0.6) is 0 Å². The van der Waals surface area contributed by atoms with E-state index >= 15 is 0 Å². The minimum absolute atomic E-state index is 0.199. The van der Waals surface area contributed by atoms with Crippen LogP contribution in [0.2, 0.25) is 5.02 Å². The molecule has 2 nitrogen and oxygen atoms in total. The number of ether oxygens (including phenoxy) is 1. The second kappa shape index (κ2) is 5.01. The Bertz CT molecular complexity index is 306. The van der Waals surface area contributed by atoms with Crippen molar-refractivity contribution in [2.24, 2.45) is 0 Å². The third-order valence-electron chi connectivity index (χ3n) is 2.01. The highest BCUT2D eigenvalue weighted by molar-refractivity contribution is 6.30. The SMILES string of the molecule is CCOC(=O)C(C)c1ccc(Cl)cc1. The second-order valence-electron chi connectivity index (χ2n) is 3.03. The number of carbonyl (C=O) groups excluding carboxylic acids is 1. The highest BCUT2D eigenvalue weighted by Crippen LogP contribution is 2.19. The topological polar surface area (TPSA) is 26.3 Å². The van der Waals surface area contributed by atoms with E-state index in [0.29, 0.717) is 11.6 Å². The summed E-state index contributed by atoms with van der Waals surface area (Å²) in [5, 5.41) is 0.671. The van der Waals surface area contributed by atoms with E-state index in [9.17, 15) is 4.79 Å². The predicted octanol–water partition coefficient (Wildman–Crippen LogP) is 3.01. The summed E-state index contributed by atoms with van der Waals surface area (Å²) in [7, 11) is 0. The molecule has 1 unspecified atom stereocenters. The molecule has 0 aliphatic heterocycles. The monoisotopic (exact) mass is 212 g/mol. The summed E-state index contributed by atoms with van der Waals surface area (Å²) in [5.41, 5.74) is 0.924. The van der Waals surface area contributed by atoms with Gasteiger partial charge in [0, 0.05) is 5.02 Å². The molecular weight excluding hydrogens is 200 g/mol. The summed E-state index contributed by atoms with van der Waals surface area (Å²) in [6, 6.07) is 7.22. The van der Waals surface area contributed by atoms with E-state index in [1.54, 1.807) is 19.1 Å². The first kappa shape index (κ1) is 11.1. The third kappa shape index (κ3) is 2.74. The van der Waals surface area contributed by atoms with Crippen LogP contribution in [-0.2, 0) is 9.53 Å². The Labute approximate surface area is 88.8 Å². The fourth-order valence-electron chi connectivity index (χ4n) is 1.15. The fraction of sp³-hybridized carbons (Fsp3) is 0.364. The lowest BCUT2D eigenvalue weighted by molar-refractivity contribution is -0.144. The first-order valence-corrected chi connectivity index (χ1v) is 4.95. The molecule has 3 heteroatoms. The van der Waals surface area contributed by atoms with Gasteiger partial charge in [-0.3, -0.25) is 4.79 Å². The number of carbonyl (C=O) groups is 1. The molecule has 0 bridgehead atoms. The molecule has 14 heavy (non-hydrogen) atoms. The van der Waals surface area contributed by atoms with E-state index in [1.807, 2.05) is 19.1 Å². The van der Waals surface area contributed by atoms with Crippen LogP contribution in [0.4, 0.5) is 0 Å². The standard InChI is InChI=1S/C11H13ClO2/c1-3-14-11(13)8(2)9-4-6-10(12)7-5-9/h4-8H,3H2,1-2H3. The van der Waals surface area contributed by atoms with Crippen molar-refractivity contribution < 1.29 is 9.53 Å². The van der Waals surface area contributed by atoms with E-state index in [1.165, 1.54) is 0 Å². The summed E-state index contributed by atoms with van der Waals surface area (Å²) < 4.78 is 4.92. The number of esters is 1. The average molecular weight is 213 g/mol. The Balaban J connectivity index is 2.73. The van der Waals surface area contributed by atoms with Crippen molar-refractivity contribution in [2.75, 3.05) is 6.61 Å². The molecule has 1 rings (SSSR count). The molecule has 0 heterocycles. The highest BCUT2D eigenvalue weighted by Gasteiger charge is 2.15. The fourth-order valence-corrected chi connectivity index (χ4v) is 1.28. The molecule has 0 radical (unpaired) electrons. The van der Waals surface area contributed by atoms with Gasteiger partial charge in [0.15, 0.2) is 0 Å². The Morgan fingerprint density at radius 3 is 2.50 bits per heavy atom. The Kier molecular flexibility index (Phi) is 3.96. The Morgan fingerprint density at radius 2 is 2.00 bits per heavy atom. The minimum Gasteiger partial charge on any atom is -0.466 e. The molecule has 0 aromatic heterocycles. The van der Waals surface area contributed by atoms with Gasteiger partial charge in [0.05, 0.1) is 12.5 Å². The molecule has 0 spiro atoms. The van der Waals surface area contributed by atoms with Crippen molar-refractivity contribution in [3.8, 4) is 0 Å². The van der Waals surface area contributed by atoms with Crippen molar-refractivity contribution >= 4 is 17.6 Å². The van der Waals surface area contributed by atoms with Gasteiger partial charge in [-0.1, -0.05) is 23.7 Å². The van der Waals surface area contributed by atoms with Gasteiger partial charge < -0.3 is 4.74 Å². The van der Waals surface area contributed by atoms with Gasteiger partial charge in [0.1, 0.15) is 0 Å². The number of rotatable bonds is 3. The van der Waals surface area contributed by atoms with Crippen molar-refractivity contribution in [3.63, 3.8) is 0 Å². The van der Waals surface area contributed by atoms with E-state index in [4.69, 9.17) is 16.3 Å². The Morgan fingerprint density at radius 1 is 1.43 bits per heavy atom. The van der Waals surface area contributed by atoms with Crippen LogP contribution in [0.25, 0.3) is 0 Å². The molecule has 0 saturated carbocycles. The number of hydrogen-bond donors (Lipinski definition) is 0. The lowest BCUT2D eigenvalue weighted by Crippen LogP contribution is -2.12. The summed E-state index contributed by atoms with van der Waals surface area (Å²) in [5.74, 6) is -0.429. The van der Waals surface area contributed by atoms with Crippen LogP contribution in [0.15, 0.2) is 24.3 Å². The molecular formula is C11H13ClO2. The molecule has 0 amide bonds. The maximum Gasteiger partial charge on any atom is 0.313 e. The van der Waals surface area contributed by atoms with Crippen LogP contribution < -0.4 is 0 Å². The summed E-state index contributed by atoms with van der Waals surface area (Å²) in [6.07, 6.45) is 0.